The van der Waals surface area contributed by atoms with Crippen molar-refractivity contribution in [3.63, 3.8) is 0 Å². The summed E-state index contributed by atoms with van der Waals surface area (Å²) in [5.74, 6) is -1.11. The molecule has 1 atom stereocenters. The second-order valence-electron chi connectivity index (χ2n) is 7.39. The number of para-hydroxylation sites is 1. The summed E-state index contributed by atoms with van der Waals surface area (Å²) in [6.07, 6.45) is 1.80. The van der Waals surface area contributed by atoms with Crippen molar-refractivity contribution in [1.29, 1.82) is 0 Å². The Morgan fingerprint density at radius 2 is 1.82 bits per heavy atom. The molecule has 0 bridgehead atoms. The van der Waals surface area contributed by atoms with Crippen LogP contribution in [0, 0.1) is 0 Å². The van der Waals surface area contributed by atoms with Gasteiger partial charge in [0.2, 0.25) is 0 Å². The highest BCUT2D eigenvalue weighted by atomic mass is 35.5. The van der Waals surface area contributed by atoms with Crippen LogP contribution in [-0.2, 0) is 25.5 Å². The topological polar surface area (TPSA) is 110 Å². The Bertz CT molecular complexity index is 1230. The second kappa shape index (κ2) is 9.79. The predicted octanol–water partition coefficient (Wildman–Crippen LogP) is 3.78. The zero-order valence-electron chi connectivity index (χ0n) is 17.8. The maximum Gasteiger partial charge on any atom is 0.338 e. The van der Waals surface area contributed by atoms with E-state index < -0.39 is 24.0 Å². The molecule has 9 heteroatoms. The standard InChI is InChI=1S/C24H22ClN3O5/c1-2-32-23(30)21-19(27-24(31)28-22(21)14-7-9-16(25)10-8-14)13-33-20(29)11-15-12-26-18-6-4-3-5-17(15)18/h3-10,12,22,26H,2,11,13H2,1H3,(H2,27,28,31). The maximum atomic E-state index is 12.8. The van der Waals surface area contributed by atoms with Crippen LogP contribution in [0.15, 0.2) is 66.0 Å². The van der Waals surface area contributed by atoms with Gasteiger partial charge in [0.05, 0.1) is 30.3 Å². The van der Waals surface area contributed by atoms with E-state index in [0.717, 1.165) is 16.5 Å². The van der Waals surface area contributed by atoms with Gasteiger partial charge in [-0.2, -0.15) is 0 Å². The summed E-state index contributed by atoms with van der Waals surface area (Å²) in [5, 5.41) is 6.75. The fraction of sp³-hybridized carbons (Fsp3) is 0.208. The number of fused-ring (bicyclic) bond motifs is 1. The number of hydrogen-bond donors (Lipinski definition) is 3. The molecule has 0 saturated carbocycles. The summed E-state index contributed by atoms with van der Waals surface area (Å²) >= 11 is 5.97. The summed E-state index contributed by atoms with van der Waals surface area (Å²) in [5.41, 5.74) is 2.69. The molecular formula is C24H22ClN3O5. The van der Waals surface area contributed by atoms with Crippen LogP contribution in [0.3, 0.4) is 0 Å². The summed E-state index contributed by atoms with van der Waals surface area (Å²) < 4.78 is 10.6. The van der Waals surface area contributed by atoms with Gasteiger partial charge in [-0.1, -0.05) is 41.9 Å². The molecule has 1 aromatic heterocycles. The van der Waals surface area contributed by atoms with Crippen molar-refractivity contribution in [2.24, 2.45) is 0 Å². The van der Waals surface area contributed by atoms with Crippen molar-refractivity contribution < 1.29 is 23.9 Å². The van der Waals surface area contributed by atoms with Crippen LogP contribution < -0.4 is 10.6 Å². The van der Waals surface area contributed by atoms with Crippen molar-refractivity contribution in [3.8, 4) is 0 Å². The van der Waals surface area contributed by atoms with Crippen LogP contribution in [0.1, 0.15) is 24.1 Å². The largest absolute Gasteiger partial charge is 0.463 e. The van der Waals surface area contributed by atoms with Crippen LogP contribution >= 0.6 is 11.6 Å². The molecule has 0 aliphatic carbocycles. The molecule has 8 nitrogen and oxygen atoms in total. The number of H-pyrrole nitrogens is 1. The Kier molecular flexibility index (Phi) is 6.65. The number of carbonyl (C=O) groups is 3. The average Bonchev–Trinajstić information content (AvgIpc) is 3.20. The lowest BCUT2D eigenvalue weighted by molar-refractivity contribution is -0.143. The molecule has 1 aliphatic rings. The third-order valence-electron chi connectivity index (χ3n) is 5.24. The van der Waals surface area contributed by atoms with Gasteiger partial charge in [0.25, 0.3) is 0 Å². The summed E-state index contributed by atoms with van der Waals surface area (Å²) in [6, 6.07) is 13.1. The fourth-order valence-electron chi connectivity index (χ4n) is 3.72. The van der Waals surface area contributed by atoms with E-state index in [1.54, 1.807) is 37.4 Å². The molecule has 2 aromatic carbocycles. The number of urea groups is 1. The minimum Gasteiger partial charge on any atom is -0.463 e. The second-order valence-corrected chi connectivity index (χ2v) is 7.83. The molecule has 4 rings (SSSR count). The van der Waals surface area contributed by atoms with Crippen LogP contribution in [0.5, 0.6) is 0 Å². The first-order valence-corrected chi connectivity index (χ1v) is 10.8. The van der Waals surface area contributed by atoms with Crippen molar-refractivity contribution in [3.05, 3.63) is 82.1 Å². The number of nitrogens with one attached hydrogen (secondary N) is 3. The summed E-state index contributed by atoms with van der Waals surface area (Å²) in [6.45, 7) is 1.55. The highest BCUT2D eigenvalue weighted by Crippen LogP contribution is 2.29. The van der Waals surface area contributed by atoms with Gasteiger partial charge in [0.15, 0.2) is 0 Å². The SMILES string of the molecule is CCOC(=O)C1=C(COC(=O)Cc2c[nH]c3ccccc23)NC(=O)NC1c1ccc(Cl)cc1. The van der Waals surface area contributed by atoms with Gasteiger partial charge in [-0.25, -0.2) is 9.59 Å². The van der Waals surface area contributed by atoms with Crippen molar-refractivity contribution in [2.45, 2.75) is 19.4 Å². The fourth-order valence-corrected chi connectivity index (χ4v) is 3.85. The van der Waals surface area contributed by atoms with E-state index in [-0.39, 0.29) is 30.9 Å². The molecule has 1 aliphatic heterocycles. The molecule has 170 valence electrons. The molecule has 0 fully saturated rings. The lowest BCUT2D eigenvalue weighted by Gasteiger charge is -2.29. The van der Waals surface area contributed by atoms with Gasteiger partial charge < -0.3 is 25.1 Å². The first kappa shape index (κ1) is 22.4. The Hall–Kier alpha value is -3.78. The lowest BCUT2D eigenvalue weighted by atomic mass is 9.95. The number of esters is 2. The van der Waals surface area contributed by atoms with Gasteiger partial charge in [0.1, 0.15) is 6.61 Å². The molecule has 0 spiro atoms. The molecule has 3 N–H and O–H groups in total. The number of ether oxygens (including phenoxy) is 2. The van der Waals surface area contributed by atoms with Gasteiger partial charge in [-0.15, -0.1) is 0 Å². The maximum absolute atomic E-state index is 12.8. The van der Waals surface area contributed by atoms with E-state index in [9.17, 15) is 14.4 Å². The predicted molar refractivity (Wildman–Crippen MR) is 122 cm³/mol. The normalized spacial score (nSPS) is 15.7. The number of carbonyl (C=O) groups excluding carboxylic acids is 3. The van der Waals surface area contributed by atoms with Gasteiger partial charge in [-0.05, 0) is 36.2 Å². The zero-order chi connectivity index (χ0) is 23.4. The molecule has 33 heavy (non-hydrogen) atoms. The first-order chi connectivity index (χ1) is 16.0. The number of hydrogen-bond acceptors (Lipinski definition) is 5. The number of aromatic amines is 1. The van der Waals surface area contributed by atoms with E-state index in [2.05, 4.69) is 15.6 Å². The lowest BCUT2D eigenvalue weighted by Crippen LogP contribution is -2.47. The molecular weight excluding hydrogens is 446 g/mol. The van der Waals surface area contributed by atoms with E-state index in [1.165, 1.54) is 0 Å². The summed E-state index contributed by atoms with van der Waals surface area (Å²) in [4.78, 5) is 40.8. The highest BCUT2D eigenvalue weighted by Gasteiger charge is 2.34. The van der Waals surface area contributed by atoms with Gasteiger partial charge in [0, 0.05) is 22.1 Å². The van der Waals surface area contributed by atoms with Crippen LogP contribution in [0.2, 0.25) is 5.02 Å². The molecule has 0 radical (unpaired) electrons. The Labute approximate surface area is 194 Å². The zero-order valence-corrected chi connectivity index (χ0v) is 18.6. The molecule has 0 saturated heterocycles. The van der Waals surface area contributed by atoms with Gasteiger partial charge in [-0.3, -0.25) is 4.79 Å². The van der Waals surface area contributed by atoms with E-state index in [0.29, 0.717) is 10.6 Å². The summed E-state index contributed by atoms with van der Waals surface area (Å²) in [7, 11) is 0. The van der Waals surface area contributed by atoms with Crippen LogP contribution in [0.4, 0.5) is 4.79 Å². The van der Waals surface area contributed by atoms with Crippen LogP contribution in [0.25, 0.3) is 10.9 Å². The Balaban J connectivity index is 1.57. The van der Waals surface area contributed by atoms with Gasteiger partial charge >= 0.3 is 18.0 Å². The number of halogens is 1. The minimum atomic E-state index is -0.780. The average molecular weight is 468 g/mol. The number of aromatic nitrogens is 1. The third-order valence-corrected chi connectivity index (χ3v) is 5.49. The van der Waals surface area contributed by atoms with Crippen LogP contribution in [-0.4, -0.2) is 36.2 Å². The quantitative estimate of drug-likeness (QED) is 0.458. The van der Waals surface area contributed by atoms with E-state index in [4.69, 9.17) is 21.1 Å². The molecule has 2 amide bonds. The van der Waals surface area contributed by atoms with E-state index in [1.807, 2.05) is 24.3 Å². The van der Waals surface area contributed by atoms with E-state index >= 15 is 0 Å². The molecule has 3 aromatic rings. The number of benzene rings is 2. The Morgan fingerprint density at radius 1 is 1.06 bits per heavy atom. The molecule has 1 unspecified atom stereocenters. The van der Waals surface area contributed by atoms with Crippen molar-refractivity contribution in [2.75, 3.05) is 13.2 Å². The minimum absolute atomic E-state index is 0.0405. The smallest absolute Gasteiger partial charge is 0.338 e. The third kappa shape index (κ3) is 5.01. The van der Waals surface area contributed by atoms with Crippen molar-refractivity contribution >= 4 is 40.5 Å². The highest BCUT2D eigenvalue weighted by molar-refractivity contribution is 6.30. The number of amides is 2. The monoisotopic (exact) mass is 467 g/mol. The Morgan fingerprint density at radius 3 is 2.58 bits per heavy atom. The number of rotatable bonds is 7. The van der Waals surface area contributed by atoms with Crippen molar-refractivity contribution in [1.82, 2.24) is 15.6 Å². The molecule has 2 heterocycles. The first-order valence-electron chi connectivity index (χ1n) is 10.4.